The van der Waals surface area contributed by atoms with E-state index in [4.69, 9.17) is 0 Å². The molecule has 0 atom stereocenters. The molecule has 2 radical (unpaired) electrons. The summed E-state index contributed by atoms with van der Waals surface area (Å²) < 4.78 is 0. The Balaban J connectivity index is -0.000000162. The molecule has 0 N–H and O–H groups in total. The summed E-state index contributed by atoms with van der Waals surface area (Å²) in [5, 5.41) is 2.82. The Kier molecular flexibility index (Phi) is 20.3. The van der Waals surface area contributed by atoms with E-state index in [1.807, 2.05) is 0 Å². The molecule has 0 unspecified atom stereocenters. The van der Waals surface area contributed by atoms with Crippen LogP contribution in [0.1, 0.15) is 43.9 Å². The molecule has 3 rings (SSSR count). The van der Waals surface area contributed by atoms with Crippen molar-refractivity contribution in [2.75, 3.05) is 0 Å². The molecule has 2 aromatic rings. The van der Waals surface area contributed by atoms with Crippen LogP contribution in [-0.4, -0.2) is 6.88 Å². The van der Waals surface area contributed by atoms with Crippen molar-refractivity contribution in [3.63, 3.8) is 0 Å². The Morgan fingerprint density at radius 1 is 1.04 bits per heavy atom. The molecule has 4 heteroatoms. The maximum absolute atomic E-state index is 3.16. The number of rotatable bonds is 0. The molecule has 0 saturated heterocycles. The van der Waals surface area contributed by atoms with Gasteiger partial charge in [0.05, 0.1) is 0 Å². The summed E-state index contributed by atoms with van der Waals surface area (Å²) in [6.07, 6.45) is 8.50. The zero-order chi connectivity index (χ0) is 17.6. The fourth-order valence-corrected chi connectivity index (χ4v) is 2.78. The number of halogens is 2. The monoisotopic (exact) mass is 498 g/mol. The molecule has 0 heterocycles. The van der Waals surface area contributed by atoms with Gasteiger partial charge in [0, 0.05) is 0 Å². The van der Waals surface area contributed by atoms with Crippen LogP contribution < -0.4 is 0 Å². The number of fused-ring (bicyclic) bond motifs is 1. The predicted octanol–water partition coefficient (Wildman–Crippen LogP) is 7.57. The summed E-state index contributed by atoms with van der Waals surface area (Å²) in [6.45, 7) is 16.3. The quantitative estimate of drug-likeness (QED) is 0.259. The summed E-state index contributed by atoms with van der Waals surface area (Å²) in [5.74, 6) is 0. The molecule has 2 aromatic carbocycles. The van der Waals surface area contributed by atoms with Crippen molar-refractivity contribution in [2.24, 2.45) is 5.41 Å². The van der Waals surface area contributed by atoms with E-state index in [1.165, 1.54) is 56.4 Å². The molecular formula is C23H34Cl2SiZr-4. The molecule has 0 spiro atoms. The molecule has 27 heavy (non-hydrogen) atoms. The van der Waals surface area contributed by atoms with Gasteiger partial charge in [-0.25, -0.2) is 6.08 Å². The van der Waals surface area contributed by atoms with Gasteiger partial charge in [-0.05, 0) is 6.92 Å². The van der Waals surface area contributed by atoms with Crippen LogP contribution in [0.4, 0.5) is 0 Å². The first-order valence-corrected chi connectivity index (χ1v) is 12.1. The SMILES string of the molecule is CC(C)(C)C1=CC[C-]=C1.Cc1[cH-]c2cccc(C)c2c1C.Cl.Cl.[CH3-].[CH3-].[Si]=[Zr]. The Hall–Kier alpha value is -0.01000. The fourth-order valence-electron chi connectivity index (χ4n) is 2.78. The summed E-state index contributed by atoms with van der Waals surface area (Å²) in [6, 6.07) is 8.74. The minimum absolute atomic E-state index is 0. The van der Waals surface area contributed by atoms with E-state index >= 15 is 0 Å². The van der Waals surface area contributed by atoms with Gasteiger partial charge in [0.25, 0.3) is 0 Å². The second kappa shape index (κ2) is 15.9. The molecule has 152 valence electrons. The molecule has 1 aliphatic carbocycles. The van der Waals surface area contributed by atoms with Crippen LogP contribution in [0, 0.1) is 47.1 Å². The van der Waals surface area contributed by atoms with Gasteiger partial charge in [-0.3, -0.25) is 6.08 Å². The minimum atomic E-state index is 0. The van der Waals surface area contributed by atoms with Crippen LogP contribution in [-0.2, 0) is 23.3 Å². The van der Waals surface area contributed by atoms with Crippen LogP contribution in [0.5, 0.6) is 0 Å². The van der Waals surface area contributed by atoms with E-state index in [2.05, 4.69) is 90.9 Å². The van der Waals surface area contributed by atoms with Crippen molar-refractivity contribution < 1.29 is 23.3 Å². The van der Waals surface area contributed by atoms with Crippen molar-refractivity contribution in [1.82, 2.24) is 0 Å². The number of hydrogen-bond acceptors (Lipinski definition) is 0. The fraction of sp³-hybridized carbons (Fsp3) is 0.348. The van der Waals surface area contributed by atoms with E-state index in [-0.39, 0.29) is 39.7 Å². The van der Waals surface area contributed by atoms with Crippen LogP contribution in [0.25, 0.3) is 10.8 Å². The summed E-state index contributed by atoms with van der Waals surface area (Å²) in [5.41, 5.74) is 5.96. The molecule has 1 aliphatic rings. The molecule has 0 aromatic heterocycles. The second-order valence-corrected chi connectivity index (χ2v) is 6.95. The molecule has 0 aliphatic heterocycles. The Labute approximate surface area is 197 Å². The van der Waals surface area contributed by atoms with Crippen LogP contribution in [0.15, 0.2) is 42.0 Å². The van der Waals surface area contributed by atoms with Crippen molar-refractivity contribution in [1.29, 1.82) is 0 Å². The molecular weight excluding hydrogens is 466 g/mol. The van der Waals surface area contributed by atoms with Crippen molar-refractivity contribution >= 4 is 42.5 Å². The zero-order valence-electron chi connectivity index (χ0n) is 18.0. The van der Waals surface area contributed by atoms with Gasteiger partial charge in [-0.1, -0.05) is 51.7 Å². The first-order valence-electron chi connectivity index (χ1n) is 7.95. The number of benzene rings is 1. The maximum atomic E-state index is 3.16. The van der Waals surface area contributed by atoms with Gasteiger partial charge < -0.3 is 14.9 Å². The zero-order valence-corrected chi connectivity index (χ0v) is 23.1. The van der Waals surface area contributed by atoms with E-state index in [0.29, 0.717) is 5.41 Å². The predicted molar refractivity (Wildman–Crippen MR) is 127 cm³/mol. The van der Waals surface area contributed by atoms with Crippen LogP contribution in [0.2, 0.25) is 0 Å². The first kappa shape index (κ1) is 34.5. The molecule has 0 fully saturated rings. The van der Waals surface area contributed by atoms with Gasteiger partial charge in [0.1, 0.15) is 0 Å². The molecule has 0 saturated carbocycles. The van der Waals surface area contributed by atoms with E-state index < -0.39 is 0 Å². The summed E-state index contributed by atoms with van der Waals surface area (Å²) in [4.78, 5) is 0. The molecule has 0 amide bonds. The van der Waals surface area contributed by atoms with Gasteiger partial charge in [-0.2, -0.15) is 17.2 Å². The van der Waals surface area contributed by atoms with Crippen LogP contribution in [0.3, 0.4) is 0 Å². The third-order valence-corrected chi connectivity index (χ3v) is 4.21. The molecule has 0 nitrogen and oxygen atoms in total. The third-order valence-electron chi connectivity index (χ3n) is 4.21. The summed E-state index contributed by atoms with van der Waals surface area (Å²) in [7, 11) is 0. The van der Waals surface area contributed by atoms with Crippen LogP contribution >= 0.6 is 24.8 Å². The average molecular weight is 501 g/mol. The van der Waals surface area contributed by atoms with E-state index in [1.54, 1.807) is 0 Å². The first-order chi connectivity index (χ1) is 10.8. The number of aryl methyl sites for hydroxylation is 3. The Morgan fingerprint density at radius 3 is 1.96 bits per heavy atom. The van der Waals surface area contributed by atoms with Gasteiger partial charge >= 0.3 is 30.2 Å². The van der Waals surface area contributed by atoms with Crippen molar-refractivity contribution in [2.45, 2.75) is 48.0 Å². The van der Waals surface area contributed by atoms with Gasteiger partial charge in [0.2, 0.25) is 0 Å². The Bertz CT molecular complexity index is 722. The third kappa shape index (κ3) is 9.84. The summed E-state index contributed by atoms with van der Waals surface area (Å²) >= 11 is 1.36. The van der Waals surface area contributed by atoms with Gasteiger partial charge in [-0.15, -0.1) is 65.8 Å². The van der Waals surface area contributed by atoms with E-state index in [0.717, 1.165) is 6.42 Å². The second-order valence-electron chi connectivity index (χ2n) is 6.95. The topological polar surface area (TPSA) is 0 Å². The number of allylic oxidation sites excluding steroid dienone is 4. The average Bonchev–Trinajstić information content (AvgIpc) is 3.12. The van der Waals surface area contributed by atoms with Crippen molar-refractivity contribution in [3.8, 4) is 0 Å². The van der Waals surface area contributed by atoms with Gasteiger partial charge in [0.15, 0.2) is 0 Å². The van der Waals surface area contributed by atoms with E-state index in [9.17, 15) is 0 Å². The van der Waals surface area contributed by atoms with Crippen molar-refractivity contribution in [3.05, 3.63) is 79.6 Å². The molecule has 0 bridgehead atoms. The normalized spacial score (nSPS) is 11.1. The standard InChI is InChI=1S/C12H13.C9H13.2CH3.2ClH.Si.Zr/c1-8-5-4-6-11-7-9(2)10(3)12(8)11;1-9(2,3)8-6-4-5-7-8;;;;;;/h4-7H,1-3H3;6-7H,4H2,1-3H3;2*1H3;2*1H;;/q4*-1;;;;. The Morgan fingerprint density at radius 2 is 1.59 bits per heavy atom. The number of hydrogen-bond donors (Lipinski definition) is 0.